The molecule has 0 amide bonds. The van der Waals surface area contributed by atoms with Gasteiger partial charge in [0, 0.05) is 25.0 Å². The molecule has 94 valence electrons. The summed E-state index contributed by atoms with van der Waals surface area (Å²) in [5.74, 6) is 0. The Morgan fingerprint density at radius 3 is 2.65 bits per heavy atom. The minimum absolute atomic E-state index is 0.299. The lowest BCUT2D eigenvalue weighted by Crippen LogP contribution is -2.46. The molecule has 1 rings (SSSR count). The minimum Gasteiger partial charge on any atom is -0.379 e. The molecule has 1 atom stereocenters. The molecule has 0 aliphatic heterocycles. The maximum Gasteiger partial charge on any atom is 0.106 e. The normalized spacial score (nSPS) is 15.2. The second kappa shape index (κ2) is 5.63. The summed E-state index contributed by atoms with van der Waals surface area (Å²) >= 11 is 1.69. The molecule has 0 saturated heterocycles. The van der Waals surface area contributed by atoms with Crippen LogP contribution in [0.4, 0.5) is 0 Å². The molecule has 0 aromatic carbocycles. The third kappa shape index (κ3) is 4.47. The van der Waals surface area contributed by atoms with Gasteiger partial charge in [0.2, 0.25) is 0 Å². The fraction of sp³-hybridized carbons (Fsp3) is 0.615. The highest BCUT2D eigenvalue weighted by Gasteiger charge is 2.32. The second-order valence-electron chi connectivity index (χ2n) is 5.02. The third-order valence-electron chi connectivity index (χ3n) is 2.81. The zero-order valence-corrected chi connectivity index (χ0v) is 11.7. The van der Waals surface area contributed by atoms with Gasteiger partial charge in [0.1, 0.15) is 5.54 Å². The molecular formula is C13H20N2OS. The molecule has 0 radical (unpaired) electrons. The third-order valence-corrected chi connectivity index (χ3v) is 3.69. The monoisotopic (exact) mass is 252 g/mol. The Hall–Kier alpha value is -0.890. The summed E-state index contributed by atoms with van der Waals surface area (Å²) in [6.07, 6.45) is 0.651. The molecule has 0 aliphatic rings. The lowest BCUT2D eigenvalue weighted by atomic mass is 9.89. The Balaban J connectivity index is 2.60. The van der Waals surface area contributed by atoms with E-state index in [1.807, 2.05) is 32.2 Å². The van der Waals surface area contributed by atoms with Gasteiger partial charge in [-0.15, -0.1) is 11.3 Å². The van der Waals surface area contributed by atoms with Crippen molar-refractivity contribution < 1.29 is 4.74 Å². The Morgan fingerprint density at radius 1 is 1.47 bits per heavy atom. The fourth-order valence-electron chi connectivity index (χ4n) is 1.76. The predicted octanol–water partition coefficient (Wildman–Crippen LogP) is 2.94. The highest BCUT2D eigenvalue weighted by atomic mass is 32.1. The molecule has 1 heterocycles. The van der Waals surface area contributed by atoms with E-state index >= 15 is 0 Å². The van der Waals surface area contributed by atoms with Crippen LogP contribution in [0.3, 0.4) is 0 Å². The first-order valence-corrected chi connectivity index (χ1v) is 6.53. The number of methoxy groups -OCH3 is 1. The van der Waals surface area contributed by atoms with Crippen molar-refractivity contribution in [3.05, 3.63) is 22.4 Å². The van der Waals surface area contributed by atoms with E-state index in [-0.39, 0.29) is 5.60 Å². The van der Waals surface area contributed by atoms with Crippen LogP contribution in [0.15, 0.2) is 17.5 Å². The van der Waals surface area contributed by atoms with E-state index < -0.39 is 5.54 Å². The van der Waals surface area contributed by atoms with Crippen LogP contribution in [-0.4, -0.2) is 18.2 Å². The number of nitrogens with one attached hydrogen (secondary N) is 1. The first-order chi connectivity index (χ1) is 7.91. The van der Waals surface area contributed by atoms with Gasteiger partial charge in [-0.25, -0.2) is 0 Å². The lowest BCUT2D eigenvalue weighted by molar-refractivity contribution is 0.000976. The standard InChI is InChI=1S/C13H20N2OS/c1-12(2,16-4)9-13(3,10-14)15-8-11-6-5-7-17-11/h5-7,15H,8-9H2,1-4H3. The molecule has 3 nitrogen and oxygen atoms in total. The molecule has 0 bridgehead atoms. The number of rotatable bonds is 6. The van der Waals surface area contributed by atoms with E-state index in [0.29, 0.717) is 6.42 Å². The number of nitrogens with zero attached hydrogens (tertiary/aromatic N) is 1. The molecule has 1 unspecified atom stereocenters. The Labute approximate surface area is 107 Å². The first kappa shape index (κ1) is 14.2. The van der Waals surface area contributed by atoms with Gasteiger partial charge >= 0.3 is 0 Å². The van der Waals surface area contributed by atoms with Crippen LogP contribution in [0.1, 0.15) is 32.1 Å². The molecule has 17 heavy (non-hydrogen) atoms. The van der Waals surface area contributed by atoms with E-state index in [2.05, 4.69) is 17.5 Å². The topological polar surface area (TPSA) is 45.0 Å². The van der Waals surface area contributed by atoms with E-state index in [0.717, 1.165) is 6.54 Å². The molecule has 1 aromatic rings. The van der Waals surface area contributed by atoms with Gasteiger partial charge in [-0.1, -0.05) is 6.07 Å². The van der Waals surface area contributed by atoms with Crippen LogP contribution in [0.2, 0.25) is 0 Å². The molecule has 1 N–H and O–H groups in total. The summed E-state index contributed by atoms with van der Waals surface area (Å²) in [5.41, 5.74) is -0.865. The number of thiophene rings is 1. The van der Waals surface area contributed by atoms with Gasteiger partial charge in [0.05, 0.1) is 11.7 Å². The zero-order chi connectivity index (χ0) is 12.9. The molecular weight excluding hydrogens is 232 g/mol. The second-order valence-corrected chi connectivity index (χ2v) is 6.05. The van der Waals surface area contributed by atoms with Crippen LogP contribution in [0, 0.1) is 11.3 Å². The van der Waals surface area contributed by atoms with Gasteiger partial charge in [0.25, 0.3) is 0 Å². The van der Waals surface area contributed by atoms with Crippen molar-refractivity contribution in [2.24, 2.45) is 0 Å². The maximum absolute atomic E-state index is 9.31. The van der Waals surface area contributed by atoms with Crippen LogP contribution in [-0.2, 0) is 11.3 Å². The Kier molecular flexibility index (Phi) is 4.70. The summed E-state index contributed by atoms with van der Waals surface area (Å²) in [7, 11) is 1.68. The predicted molar refractivity (Wildman–Crippen MR) is 70.9 cm³/mol. The minimum atomic E-state index is -0.566. The quantitative estimate of drug-likeness (QED) is 0.846. The molecule has 0 aliphatic carbocycles. The van der Waals surface area contributed by atoms with Crippen molar-refractivity contribution in [2.75, 3.05) is 7.11 Å². The van der Waals surface area contributed by atoms with Gasteiger partial charge in [-0.3, -0.25) is 5.32 Å². The lowest BCUT2D eigenvalue weighted by Gasteiger charge is -2.32. The summed E-state index contributed by atoms with van der Waals surface area (Å²) in [6.45, 7) is 6.63. The van der Waals surface area contributed by atoms with Crippen LogP contribution < -0.4 is 5.32 Å². The maximum atomic E-state index is 9.31. The van der Waals surface area contributed by atoms with E-state index in [4.69, 9.17) is 4.74 Å². The summed E-state index contributed by atoms with van der Waals surface area (Å²) < 4.78 is 5.38. The Bertz CT molecular complexity index is 381. The smallest absolute Gasteiger partial charge is 0.106 e. The molecule has 0 spiro atoms. The number of hydrogen-bond acceptors (Lipinski definition) is 4. The summed E-state index contributed by atoms with van der Waals surface area (Å²) in [5, 5.41) is 14.7. The first-order valence-electron chi connectivity index (χ1n) is 5.65. The van der Waals surface area contributed by atoms with Crippen molar-refractivity contribution in [3.8, 4) is 6.07 Å². The molecule has 0 fully saturated rings. The number of nitriles is 1. The molecule has 4 heteroatoms. The number of hydrogen-bond donors (Lipinski definition) is 1. The van der Waals surface area contributed by atoms with Crippen molar-refractivity contribution in [1.82, 2.24) is 5.32 Å². The van der Waals surface area contributed by atoms with Crippen molar-refractivity contribution in [1.29, 1.82) is 5.26 Å². The SMILES string of the molecule is COC(C)(C)CC(C)(C#N)NCc1cccs1. The Morgan fingerprint density at radius 2 is 2.18 bits per heavy atom. The fourth-order valence-corrected chi connectivity index (χ4v) is 2.41. The zero-order valence-electron chi connectivity index (χ0n) is 10.9. The highest BCUT2D eigenvalue weighted by Crippen LogP contribution is 2.23. The van der Waals surface area contributed by atoms with E-state index in [9.17, 15) is 5.26 Å². The van der Waals surface area contributed by atoms with Crippen molar-refractivity contribution in [3.63, 3.8) is 0 Å². The van der Waals surface area contributed by atoms with E-state index in [1.165, 1.54) is 4.88 Å². The van der Waals surface area contributed by atoms with Crippen molar-refractivity contribution >= 4 is 11.3 Å². The van der Waals surface area contributed by atoms with Crippen LogP contribution in [0.5, 0.6) is 0 Å². The molecule has 1 aromatic heterocycles. The van der Waals surface area contributed by atoms with Crippen LogP contribution in [0.25, 0.3) is 0 Å². The molecule has 0 saturated carbocycles. The summed E-state index contributed by atoms with van der Waals surface area (Å²) in [6, 6.07) is 6.43. The largest absolute Gasteiger partial charge is 0.379 e. The van der Waals surface area contributed by atoms with Crippen LogP contribution >= 0.6 is 11.3 Å². The highest BCUT2D eigenvalue weighted by molar-refractivity contribution is 7.09. The van der Waals surface area contributed by atoms with Gasteiger partial charge in [-0.05, 0) is 32.2 Å². The van der Waals surface area contributed by atoms with Crippen molar-refractivity contribution in [2.45, 2.75) is 44.9 Å². The van der Waals surface area contributed by atoms with E-state index in [1.54, 1.807) is 18.4 Å². The van der Waals surface area contributed by atoms with Gasteiger partial charge < -0.3 is 4.74 Å². The average Bonchev–Trinajstić information content (AvgIpc) is 2.79. The van der Waals surface area contributed by atoms with Gasteiger partial charge in [-0.2, -0.15) is 5.26 Å². The number of ether oxygens (including phenoxy) is 1. The average molecular weight is 252 g/mol. The summed E-state index contributed by atoms with van der Waals surface area (Å²) in [4.78, 5) is 1.24. The van der Waals surface area contributed by atoms with Gasteiger partial charge in [0.15, 0.2) is 0 Å².